The minimum absolute atomic E-state index is 0.0372. The zero-order chi connectivity index (χ0) is 14.7. The summed E-state index contributed by atoms with van der Waals surface area (Å²) < 4.78 is 28.4. The van der Waals surface area contributed by atoms with Gasteiger partial charge in [0.15, 0.2) is 0 Å². The minimum atomic E-state index is -2.85. The van der Waals surface area contributed by atoms with Crippen molar-refractivity contribution in [1.29, 1.82) is 0 Å². The number of amides is 1. The Kier molecular flexibility index (Phi) is 4.57. The lowest BCUT2D eigenvalue weighted by molar-refractivity contribution is -0.0498. The number of hydrogen-bond donors (Lipinski definition) is 0. The fourth-order valence-electron chi connectivity index (χ4n) is 2.12. The molecule has 2 rings (SSSR count). The van der Waals surface area contributed by atoms with Crippen LogP contribution < -0.4 is 4.74 Å². The highest BCUT2D eigenvalue weighted by Crippen LogP contribution is 2.29. The van der Waals surface area contributed by atoms with Crippen molar-refractivity contribution < 1.29 is 18.3 Å². The van der Waals surface area contributed by atoms with Gasteiger partial charge in [0.25, 0.3) is 5.91 Å². The summed E-state index contributed by atoms with van der Waals surface area (Å²) in [6.45, 7) is 2.02. The quantitative estimate of drug-likeness (QED) is 0.799. The molecule has 0 aliphatic heterocycles. The van der Waals surface area contributed by atoms with E-state index in [-0.39, 0.29) is 11.7 Å². The number of benzene rings is 1. The van der Waals surface area contributed by atoms with Crippen molar-refractivity contribution in [3.8, 4) is 5.75 Å². The summed E-state index contributed by atoms with van der Waals surface area (Å²) in [7, 11) is 0. The highest BCUT2D eigenvalue weighted by Gasteiger charge is 2.33. The number of carbonyl (C=O) groups excluding carboxylic acids is 1. The maximum absolute atomic E-state index is 12.4. The molecule has 1 amide bonds. The first-order chi connectivity index (χ1) is 9.47. The van der Waals surface area contributed by atoms with Crippen LogP contribution in [0.5, 0.6) is 5.75 Å². The van der Waals surface area contributed by atoms with Crippen molar-refractivity contribution in [2.45, 2.75) is 39.3 Å². The molecule has 110 valence electrons. The molecule has 0 spiro atoms. The first-order valence-corrected chi connectivity index (χ1v) is 6.83. The lowest BCUT2D eigenvalue weighted by Gasteiger charge is -2.24. The van der Waals surface area contributed by atoms with Crippen molar-refractivity contribution in [3.63, 3.8) is 0 Å². The van der Waals surface area contributed by atoms with E-state index in [4.69, 9.17) is 0 Å². The molecule has 1 aliphatic carbocycles. The second kappa shape index (κ2) is 6.20. The van der Waals surface area contributed by atoms with Gasteiger partial charge in [0.1, 0.15) is 5.75 Å². The number of halogens is 2. The molecule has 0 heterocycles. The molecule has 1 saturated carbocycles. The van der Waals surface area contributed by atoms with Gasteiger partial charge in [0.2, 0.25) is 0 Å². The summed E-state index contributed by atoms with van der Waals surface area (Å²) in [5.74, 6) is 0.434. The Labute approximate surface area is 117 Å². The molecular weight excluding hydrogens is 264 g/mol. The molecule has 0 radical (unpaired) electrons. The lowest BCUT2D eigenvalue weighted by atomic mass is 10.1. The van der Waals surface area contributed by atoms with E-state index in [1.165, 1.54) is 24.3 Å². The van der Waals surface area contributed by atoms with Gasteiger partial charge in [-0.05, 0) is 43.0 Å². The molecule has 20 heavy (non-hydrogen) atoms. The van der Waals surface area contributed by atoms with Gasteiger partial charge in [0, 0.05) is 18.2 Å². The summed E-state index contributed by atoms with van der Waals surface area (Å²) in [4.78, 5) is 14.3. The monoisotopic (exact) mass is 283 g/mol. The van der Waals surface area contributed by atoms with Gasteiger partial charge in [-0.1, -0.05) is 13.8 Å². The molecule has 0 atom stereocenters. The summed E-state index contributed by atoms with van der Waals surface area (Å²) in [5.41, 5.74) is 0.513. The maximum Gasteiger partial charge on any atom is 0.387 e. The molecule has 0 N–H and O–H groups in total. The van der Waals surface area contributed by atoms with Crippen molar-refractivity contribution in [2.24, 2.45) is 5.92 Å². The predicted molar refractivity (Wildman–Crippen MR) is 72.0 cm³/mol. The molecule has 1 fully saturated rings. The molecule has 0 bridgehead atoms. The first-order valence-electron chi connectivity index (χ1n) is 6.83. The zero-order valence-corrected chi connectivity index (χ0v) is 11.7. The summed E-state index contributed by atoms with van der Waals surface area (Å²) in [5, 5.41) is 0. The molecule has 3 nitrogen and oxygen atoms in total. The molecule has 1 aromatic carbocycles. The van der Waals surface area contributed by atoms with Crippen LogP contribution in [-0.2, 0) is 0 Å². The highest BCUT2D eigenvalue weighted by atomic mass is 19.3. The zero-order valence-electron chi connectivity index (χ0n) is 11.7. The molecular formula is C15H19F2NO2. The molecule has 0 unspecified atom stereocenters. The van der Waals surface area contributed by atoms with Crippen LogP contribution in [0.15, 0.2) is 24.3 Å². The van der Waals surface area contributed by atoms with E-state index in [9.17, 15) is 13.6 Å². The van der Waals surface area contributed by atoms with Gasteiger partial charge in [-0.15, -0.1) is 0 Å². The number of ether oxygens (including phenoxy) is 1. The molecule has 5 heteroatoms. The second-order valence-corrected chi connectivity index (χ2v) is 5.49. The Morgan fingerprint density at radius 3 is 2.35 bits per heavy atom. The Hall–Kier alpha value is -1.65. The molecule has 1 aromatic rings. The predicted octanol–water partition coefficient (Wildman–Crippen LogP) is 3.55. The van der Waals surface area contributed by atoms with Crippen molar-refractivity contribution in [3.05, 3.63) is 29.8 Å². The van der Waals surface area contributed by atoms with Gasteiger partial charge < -0.3 is 9.64 Å². The number of alkyl halides is 2. The van der Waals surface area contributed by atoms with Crippen LogP contribution in [0.1, 0.15) is 37.0 Å². The molecule has 0 aromatic heterocycles. The highest BCUT2D eigenvalue weighted by molar-refractivity contribution is 5.94. The third-order valence-corrected chi connectivity index (χ3v) is 3.14. The van der Waals surface area contributed by atoms with Gasteiger partial charge in [0.05, 0.1) is 0 Å². The van der Waals surface area contributed by atoms with Crippen LogP contribution in [0.4, 0.5) is 8.78 Å². The Morgan fingerprint density at radius 2 is 1.90 bits per heavy atom. The number of hydrogen-bond acceptors (Lipinski definition) is 2. The number of nitrogens with zero attached hydrogens (tertiary/aromatic N) is 1. The van der Waals surface area contributed by atoms with Crippen molar-refractivity contribution in [2.75, 3.05) is 6.54 Å². The van der Waals surface area contributed by atoms with E-state index in [0.29, 0.717) is 17.5 Å². The average molecular weight is 283 g/mol. The van der Waals surface area contributed by atoms with Gasteiger partial charge in [-0.2, -0.15) is 8.78 Å². The SMILES string of the molecule is CC(C)CN(C(=O)c1ccc(OC(F)F)cc1)C1CC1. The third kappa shape index (κ3) is 3.92. The van der Waals surface area contributed by atoms with Crippen LogP contribution >= 0.6 is 0 Å². The maximum atomic E-state index is 12.4. The van der Waals surface area contributed by atoms with E-state index >= 15 is 0 Å². The Morgan fingerprint density at radius 1 is 1.30 bits per heavy atom. The van der Waals surface area contributed by atoms with E-state index in [1.54, 1.807) is 0 Å². The number of carbonyl (C=O) groups is 1. The van der Waals surface area contributed by atoms with E-state index in [2.05, 4.69) is 18.6 Å². The van der Waals surface area contributed by atoms with Gasteiger partial charge in [-0.25, -0.2) is 0 Å². The summed E-state index contributed by atoms with van der Waals surface area (Å²) in [6, 6.07) is 6.22. The standard InChI is InChI=1S/C15H19F2NO2/c1-10(2)9-18(12-5-6-12)14(19)11-3-7-13(8-4-11)20-15(16)17/h3-4,7-8,10,12,15H,5-6,9H2,1-2H3. The summed E-state index contributed by atoms with van der Waals surface area (Å²) >= 11 is 0. The van der Waals surface area contributed by atoms with Crippen molar-refractivity contribution >= 4 is 5.91 Å². The first kappa shape index (κ1) is 14.8. The lowest BCUT2D eigenvalue weighted by Crippen LogP contribution is -2.36. The van der Waals surface area contributed by atoms with E-state index < -0.39 is 6.61 Å². The fourth-order valence-corrected chi connectivity index (χ4v) is 2.12. The Bertz CT molecular complexity index is 455. The van der Waals surface area contributed by atoms with Crippen LogP contribution in [0.25, 0.3) is 0 Å². The summed E-state index contributed by atoms with van der Waals surface area (Å²) in [6.07, 6.45) is 2.09. The average Bonchev–Trinajstić information content (AvgIpc) is 3.19. The fraction of sp³-hybridized carbons (Fsp3) is 0.533. The van der Waals surface area contributed by atoms with Crippen LogP contribution in [0.2, 0.25) is 0 Å². The van der Waals surface area contributed by atoms with Crippen LogP contribution in [0.3, 0.4) is 0 Å². The van der Waals surface area contributed by atoms with Gasteiger partial charge in [-0.3, -0.25) is 4.79 Å². The Balaban J connectivity index is 2.06. The molecule has 0 saturated heterocycles. The smallest absolute Gasteiger partial charge is 0.387 e. The normalized spacial score (nSPS) is 14.7. The van der Waals surface area contributed by atoms with E-state index in [0.717, 1.165) is 19.4 Å². The van der Waals surface area contributed by atoms with Crippen molar-refractivity contribution in [1.82, 2.24) is 4.90 Å². The third-order valence-electron chi connectivity index (χ3n) is 3.14. The van der Waals surface area contributed by atoms with Crippen LogP contribution in [-0.4, -0.2) is 30.0 Å². The number of rotatable bonds is 6. The largest absolute Gasteiger partial charge is 0.435 e. The van der Waals surface area contributed by atoms with Crippen LogP contribution in [0, 0.1) is 5.92 Å². The second-order valence-electron chi connectivity index (χ2n) is 5.49. The van der Waals surface area contributed by atoms with E-state index in [1.807, 2.05) is 4.90 Å². The topological polar surface area (TPSA) is 29.5 Å². The molecule has 1 aliphatic rings. The minimum Gasteiger partial charge on any atom is -0.435 e. The van der Waals surface area contributed by atoms with Gasteiger partial charge >= 0.3 is 6.61 Å².